The fraction of sp³-hybridized carbons (Fsp3) is 0.571. The van der Waals surface area contributed by atoms with Crippen LogP contribution >= 0.6 is 0 Å². The van der Waals surface area contributed by atoms with Crippen molar-refractivity contribution in [3.63, 3.8) is 0 Å². The Kier molecular flexibility index (Phi) is 4.47. The van der Waals surface area contributed by atoms with Crippen LogP contribution in [0.25, 0.3) is 0 Å². The number of hydrogen-bond acceptors (Lipinski definition) is 3. The van der Waals surface area contributed by atoms with E-state index in [1.165, 1.54) is 0 Å². The Hall–Kier alpha value is -1.07. The van der Waals surface area contributed by atoms with Gasteiger partial charge in [0.25, 0.3) is 0 Å². The van der Waals surface area contributed by atoms with E-state index in [4.69, 9.17) is 5.73 Å². The van der Waals surface area contributed by atoms with Crippen molar-refractivity contribution < 1.29 is 8.42 Å². The van der Waals surface area contributed by atoms with Gasteiger partial charge in [-0.3, -0.25) is 0 Å². The van der Waals surface area contributed by atoms with E-state index in [9.17, 15) is 8.42 Å². The molecule has 0 aromatic heterocycles. The van der Waals surface area contributed by atoms with Crippen LogP contribution in [-0.4, -0.2) is 24.5 Å². The maximum atomic E-state index is 12.4. The number of nitrogen functional groups attached to an aromatic ring is 1. The molecule has 2 N–H and O–H groups in total. The summed E-state index contributed by atoms with van der Waals surface area (Å²) in [7, 11) is -3.14. The smallest absolute Gasteiger partial charge is 0.214 e. The van der Waals surface area contributed by atoms with Crippen LogP contribution in [0.5, 0.6) is 0 Å². The average Bonchev–Trinajstić information content (AvgIpc) is 3.18. The molecule has 0 aliphatic heterocycles. The zero-order valence-corrected chi connectivity index (χ0v) is 12.2. The normalized spacial score (nSPS) is 15.9. The summed E-state index contributed by atoms with van der Waals surface area (Å²) in [5.74, 6) is 0.252. The van der Waals surface area contributed by atoms with Crippen molar-refractivity contribution in [1.29, 1.82) is 0 Å². The van der Waals surface area contributed by atoms with Crippen molar-refractivity contribution in [3.8, 4) is 0 Å². The zero-order valence-electron chi connectivity index (χ0n) is 11.4. The first-order valence-corrected chi connectivity index (χ1v) is 8.48. The highest BCUT2D eigenvalue weighted by atomic mass is 32.2. The molecule has 4 nitrogen and oxygen atoms in total. The third-order valence-electron chi connectivity index (χ3n) is 3.36. The van der Waals surface area contributed by atoms with Crippen LogP contribution < -0.4 is 5.73 Å². The van der Waals surface area contributed by atoms with Gasteiger partial charge < -0.3 is 5.73 Å². The van der Waals surface area contributed by atoms with Crippen molar-refractivity contribution in [2.24, 2.45) is 0 Å². The summed E-state index contributed by atoms with van der Waals surface area (Å²) in [6, 6.07) is 7.67. The van der Waals surface area contributed by atoms with E-state index in [1.54, 1.807) is 4.31 Å². The van der Waals surface area contributed by atoms with Gasteiger partial charge >= 0.3 is 0 Å². The summed E-state index contributed by atoms with van der Waals surface area (Å²) in [4.78, 5) is 0. The fourth-order valence-electron chi connectivity index (χ4n) is 2.13. The number of benzene rings is 1. The van der Waals surface area contributed by atoms with E-state index in [2.05, 4.69) is 0 Å². The third kappa shape index (κ3) is 3.94. The first-order valence-electron chi connectivity index (χ1n) is 6.87. The third-order valence-corrected chi connectivity index (χ3v) is 5.30. The Bertz CT molecular complexity index is 524. The Morgan fingerprint density at radius 3 is 2.68 bits per heavy atom. The number of hydrogen-bond donors (Lipinski definition) is 1. The molecule has 1 aromatic rings. The standard InChI is InChI=1S/C14H22N2O2S/c1-2-3-9-19(17,18)16(14-7-8-14)11-12-5-4-6-13(15)10-12/h4-6,10,14H,2-3,7-9,11,15H2,1H3. The molecule has 0 spiro atoms. The van der Waals surface area contributed by atoms with Crippen LogP contribution in [0.4, 0.5) is 5.69 Å². The number of nitrogens with zero attached hydrogens (tertiary/aromatic N) is 1. The van der Waals surface area contributed by atoms with Crippen molar-refractivity contribution >= 4 is 15.7 Å². The van der Waals surface area contributed by atoms with Gasteiger partial charge in [-0.15, -0.1) is 0 Å². The molecule has 0 saturated heterocycles. The zero-order chi connectivity index (χ0) is 13.9. The lowest BCUT2D eigenvalue weighted by atomic mass is 10.2. The predicted molar refractivity (Wildman–Crippen MR) is 78.1 cm³/mol. The molecule has 0 atom stereocenters. The summed E-state index contributed by atoms with van der Waals surface area (Å²) in [6.07, 6.45) is 3.58. The summed E-state index contributed by atoms with van der Waals surface area (Å²) in [5.41, 5.74) is 7.39. The van der Waals surface area contributed by atoms with Crippen LogP contribution in [0.1, 0.15) is 38.2 Å². The average molecular weight is 282 g/mol. The minimum Gasteiger partial charge on any atom is -0.399 e. The van der Waals surface area contributed by atoms with E-state index in [1.807, 2.05) is 31.2 Å². The predicted octanol–water partition coefficient (Wildman–Crippen LogP) is 2.36. The lowest BCUT2D eigenvalue weighted by Crippen LogP contribution is -2.34. The van der Waals surface area contributed by atoms with Gasteiger partial charge in [0.2, 0.25) is 10.0 Å². The topological polar surface area (TPSA) is 63.4 Å². The molecule has 0 heterocycles. The highest BCUT2D eigenvalue weighted by Crippen LogP contribution is 2.31. The molecule has 1 saturated carbocycles. The summed E-state index contributed by atoms with van der Waals surface area (Å²) < 4.78 is 26.4. The van der Waals surface area contributed by atoms with Gasteiger partial charge in [-0.2, -0.15) is 4.31 Å². The lowest BCUT2D eigenvalue weighted by Gasteiger charge is -2.22. The van der Waals surface area contributed by atoms with Crippen LogP contribution in [0, 0.1) is 0 Å². The Labute approximate surface area is 115 Å². The monoisotopic (exact) mass is 282 g/mol. The number of unbranched alkanes of at least 4 members (excludes halogenated alkanes) is 1. The molecule has 106 valence electrons. The van der Waals surface area contributed by atoms with Gasteiger partial charge in [0.05, 0.1) is 5.75 Å². The molecule has 1 aromatic carbocycles. The van der Waals surface area contributed by atoms with Crippen LogP contribution in [0.15, 0.2) is 24.3 Å². The molecule has 19 heavy (non-hydrogen) atoms. The molecular formula is C14H22N2O2S. The Morgan fingerprint density at radius 2 is 2.11 bits per heavy atom. The molecular weight excluding hydrogens is 260 g/mol. The highest BCUT2D eigenvalue weighted by molar-refractivity contribution is 7.89. The molecule has 0 unspecified atom stereocenters. The second-order valence-corrected chi connectivity index (χ2v) is 7.23. The van der Waals surface area contributed by atoms with E-state index in [0.717, 1.165) is 31.2 Å². The highest BCUT2D eigenvalue weighted by Gasteiger charge is 2.36. The van der Waals surface area contributed by atoms with Gasteiger partial charge in [0.15, 0.2) is 0 Å². The lowest BCUT2D eigenvalue weighted by molar-refractivity contribution is 0.398. The summed E-state index contributed by atoms with van der Waals surface area (Å²) >= 11 is 0. The van der Waals surface area contributed by atoms with Crippen molar-refractivity contribution in [3.05, 3.63) is 29.8 Å². The second kappa shape index (κ2) is 5.92. The molecule has 0 radical (unpaired) electrons. The fourth-order valence-corrected chi connectivity index (χ4v) is 4.03. The van der Waals surface area contributed by atoms with E-state index in [-0.39, 0.29) is 11.8 Å². The number of rotatable bonds is 7. The summed E-state index contributed by atoms with van der Waals surface area (Å²) in [5, 5.41) is 0. The maximum Gasteiger partial charge on any atom is 0.214 e. The van der Waals surface area contributed by atoms with Crippen molar-refractivity contribution in [2.75, 3.05) is 11.5 Å². The van der Waals surface area contributed by atoms with Crippen LogP contribution in [0.3, 0.4) is 0 Å². The number of sulfonamides is 1. The molecule has 5 heteroatoms. The van der Waals surface area contributed by atoms with Gasteiger partial charge in [-0.1, -0.05) is 25.5 Å². The molecule has 1 aliphatic rings. The van der Waals surface area contributed by atoms with Gasteiger partial charge in [0.1, 0.15) is 0 Å². The first kappa shape index (κ1) is 14.3. The number of anilines is 1. The maximum absolute atomic E-state index is 12.4. The van der Waals surface area contributed by atoms with Crippen LogP contribution in [-0.2, 0) is 16.6 Å². The quantitative estimate of drug-likeness (QED) is 0.781. The molecule has 1 fully saturated rings. The molecule has 1 aliphatic carbocycles. The van der Waals surface area contributed by atoms with Crippen molar-refractivity contribution in [1.82, 2.24) is 4.31 Å². The van der Waals surface area contributed by atoms with E-state index >= 15 is 0 Å². The van der Waals surface area contributed by atoms with E-state index in [0.29, 0.717) is 12.2 Å². The molecule has 0 amide bonds. The number of nitrogens with two attached hydrogens (primary N) is 1. The van der Waals surface area contributed by atoms with Crippen LogP contribution in [0.2, 0.25) is 0 Å². The van der Waals surface area contributed by atoms with Gasteiger partial charge in [0, 0.05) is 18.3 Å². The molecule has 0 bridgehead atoms. The minimum absolute atomic E-state index is 0.197. The largest absolute Gasteiger partial charge is 0.399 e. The second-order valence-electron chi connectivity index (χ2n) is 5.19. The molecule has 2 rings (SSSR count). The Morgan fingerprint density at radius 1 is 1.37 bits per heavy atom. The van der Waals surface area contributed by atoms with Gasteiger partial charge in [-0.05, 0) is 37.0 Å². The summed E-state index contributed by atoms with van der Waals surface area (Å²) in [6.45, 7) is 2.45. The van der Waals surface area contributed by atoms with E-state index < -0.39 is 10.0 Å². The van der Waals surface area contributed by atoms with Crippen molar-refractivity contribution in [2.45, 2.75) is 45.2 Å². The Balaban J connectivity index is 2.12. The minimum atomic E-state index is -3.14. The van der Waals surface area contributed by atoms with Gasteiger partial charge in [-0.25, -0.2) is 8.42 Å². The first-order chi connectivity index (χ1) is 9.03. The SMILES string of the molecule is CCCCS(=O)(=O)N(Cc1cccc(N)c1)C1CC1.